The second kappa shape index (κ2) is 11.7. The van der Waals surface area contributed by atoms with Gasteiger partial charge in [0.25, 0.3) is 0 Å². The maximum Gasteiger partial charge on any atom is 0.418 e. The predicted octanol–water partition coefficient (Wildman–Crippen LogP) is 10.8. The van der Waals surface area contributed by atoms with Crippen molar-refractivity contribution in [3.63, 3.8) is 0 Å². The normalized spacial score (nSPS) is 13.4. The highest BCUT2D eigenvalue weighted by atomic mass is 19.4. The quantitative estimate of drug-likeness (QED) is 0.137. The van der Waals surface area contributed by atoms with Gasteiger partial charge >= 0.3 is 12.4 Å². The Morgan fingerprint density at radius 2 is 0.776 bits per heavy atom. The first-order chi connectivity index (χ1) is 23.4. The van der Waals surface area contributed by atoms with Gasteiger partial charge in [-0.2, -0.15) is 26.3 Å². The number of hydrogen-bond acceptors (Lipinski definition) is 4. The predicted molar refractivity (Wildman–Crippen MR) is 176 cm³/mol. The van der Waals surface area contributed by atoms with Gasteiger partial charge in [-0.3, -0.25) is 0 Å². The maximum absolute atomic E-state index is 13.5. The van der Waals surface area contributed by atoms with E-state index in [-0.39, 0.29) is 11.5 Å². The van der Waals surface area contributed by atoms with E-state index < -0.39 is 40.3 Å². The van der Waals surface area contributed by atoms with Gasteiger partial charge in [0.2, 0.25) is 0 Å². The average Bonchev–Trinajstić information content (AvgIpc) is 3.37. The van der Waals surface area contributed by atoms with E-state index in [1.54, 1.807) is 24.3 Å². The van der Waals surface area contributed by atoms with Crippen LogP contribution in [0.2, 0.25) is 0 Å². The minimum Gasteiger partial charge on any atom is -0.457 e. The van der Waals surface area contributed by atoms with E-state index in [0.717, 1.165) is 57.6 Å². The highest BCUT2D eigenvalue weighted by molar-refractivity contribution is 5.86. The van der Waals surface area contributed by atoms with E-state index in [1.165, 1.54) is 12.1 Å². The van der Waals surface area contributed by atoms with E-state index in [2.05, 4.69) is 0 Å². The molecule has 4 N–H and O–H groups in total. The maximum atomic E-state index is 13.5. The van der Waals surface area contributed by atoms with Crippen LogP contribution in [0.25, 0.3) is 11.1 Å². The molecule has 0 bridgehead atoms. The molecule has 0 radical (unpaired) electrons. The van der Waals surface area contributed by atoms with Crippen molar-refractivity contribution in [1.82, 2.24) is 0 Å². The van der Waals surface area contributed by atoms with E-state index >= 15 is 0 Å². The van der Waals surface area contributed by atoms with Crippen LogP contribution in [0.1, 0.15) is 33.4 Å². The third-order valence-corrected chi connectivity index (χ3v) is 8.66. The molecule has 0 amide bonds. The van der Waals surface area contributed by atoms with Crippen LogP contribution < -0.4 is 20.9 Å². The van der Waals surface area contributed by atoms with Gasteiger partial charge in [0, 0.05) is 11.4 Å². The Bertz CT molecular complexity index is 2020. The summed E-state index contributed by atoms with van der Waals surface area (Å²) in [7, 11) is 0. The minimum absolute atomic E-state index is 0.0143. The number of fused-ring (bicyclic) bond motifs is 3. The number of benzene rings is 6. The molecule has 1 aliphatic rings. The molecular weight excluding hydrogens is 642 g/mol. The summed E-state index contributed by atoms with van der Waals surface area (Å²) in [5.41, 5.74) is 13.3. The Morgan fingerprint density at radius 3 is 1.14 bits per heavy atom. The first kappa shape index (κ1) is 31.7. The molecule has 0 atom stereocenters. The molecule has 6 aromatic carbocycles. The molecule has 0 fully saturated rings. The molecule has 4 nitrogen and oxygen atoms in total. The molecule has 246 valence electrons. The van der Waals surface area contributed by atoms with E-state index in [0.29, 0.717) is 11.5 Å². The summed E-state index contributed by atoms with van der Waals surface area (Å²) in [5, 5.41) is 0. The number of rotatable bonds is 6. The molecule has 10 heteroatoms. The summed E-state index contributed by atoms with van der Waals surface area (Å²) in [6.45, 7) is 0. The van der Waals surface area contributed by atoms with Crippen LogP contribution in [0, 0.1) is 0 Å². The molecule has 0 aliphatic heterocycles. The number of hydrogen-bond donors (Lipinski definition) is 2. The Morgan fingerprint density at radius 1 is 0.429 bits per heavy atom. The molecule has 1 aliphatic carbocycles. The fourth-order valence-electron chi connectivity index (χ4n) is 6.53. The van der Waals surface area contributed by atoms with Gasteiger partial charge in [-0.25, -0.2) is 0 Å². The van der Waals surface area contributed by atoms with Crippen LogP contribution in [0.4, 0.5) is 37.7 Å². The van der Waals surface area contributed by atoms with Gasteiger partial charge in [-0.1, -0.05) is 72.8 Å². The summed E-state index contributed by atoms with van der Waals surface area (Å²) in [6, 6.07) is 37.1. The highest BCUT2D eigenvalue weighted by Gasteiger charge is 2.46. The molecule has 7 rings (SSSR count). The van der Waals surface area contributed by atoms with Crippen molar-refractivity contribution < 1.29 is 35.8 Å². The third kappa shape index (κ3) is 5.58. The Balaban J connectivity index is 1.29. The lowest BCUT2D eigenvalue weighted by atomic mass is 9.68. The number of alkyl halides is 6. The van der Waals surface area contributed by atoms with Gasteiger partial charge < -0.3 is 20.9 Å². The van der Waals surface area contributed by atoms with Crippen molar-refractivity contribution in [2.75, 3.05) is 11.5 Å². The van der Waals surface area contributed by atoms with Crippen molar-refractivity contribution >= 4 is 11.4 Å². The SMILES string of the molecule is Nc1ccc(Oc2ccc(C3(c4ccc(Oc5ccc(N)c(C(F)(F)F)c5)cc4)c4ccccc4-c4ccccc43)cc2)cc1C(F)(F)F. The van der Waals surface area contributed by atoms with Crippen molar-refractivity contribution in [3.8, 4) is 34.1 Å². The van der Waals surface area contributed by atoms with Crippen molar-refractivity contribution in [2.24, 2.45) is 0 Å². The number of nitrogen functional groups attached to an aromatic ring is 2. The van der Waals surface area contributed by atoms with Crippen LogP contribution in [0.15, 0.2) is 133 Å². The van der Waals surface area contributed by atoms with Crippen LogP contribution >= 0.6 is 0 Å². The summed E-state index contributed by atoms with van der Waals surface area (Å²) >= 11 is 0. The van der Waals surface area contributed by atoms with E-state index in [9.17, 15) is 26.3 Å². The molecule has 0 saturated carbocycles. The number of nitrogens with two attached hydrogens (primary N) is 2. The van der Waals surface area contributed by atoms with Crippen LogP contribution in [0.3, 0.4) is 0 Å². The number of ether oxygens (including phenoxy) is 2. The fraction of sp³-hybridized carbons (Fsp3) is 0.0769. The Hall–Kier alpha value is -5.90. The number of halogens is 6. The van der Waals surface area contributed by atoms with Crippen molar-refractivity contribution in [2.45, 2.75) is 17.8 Å². The largest absolute Gasteiger partial charge is 0.457 e. The molecule has 0 heterocycles. The summed E-state index contributed by atoms with van der Waals surface area (Å²) < 4.78 is 92.4. The summed E-state index contributed by atoms with van der Waals surface area (Å²) in [5.74, 6) is 0.614. The molecule has 0 spiro atoms. The van der Waals surface area contributed by atoms with Gasteiger partial charge in [0.05, 0.1) is 16.5 Å². The summed E-state index contributed by atoms with van der Waals surface area (Å²) in [6.07, 6.45) is -9.27. The van der Waals surface area contributed by atoms with Crippen molar-refractivity contribution in [3.05, 3.63) is 167 Å². The lowest BCUT2D eigenvalue weighted by Crippen LogP contribution is -2.28. The highest BCUT2D eigenvalue weighted by Crippen LogP contribution is 2.56. The Labute approximate surface area is 277 Å². The average molecular weight is 669 g/mol. The Kier molecular flexibility index (Phi) is 7.54. The molecular formula is C39H26F6N2O2. The zero-order valence-corrected chi connectivity index (χ0v) is 25.4. The third-order valence-electron chi connectivity index (χ3n) is 8.66. The van der Waals surface area contributed by atoms with Crippen LogP contribution in [0.5, 0.6) is 23.0 Å². The zero-order chi connectivity index (χ0) is 34.6. The number of anilines is 2. The first-order valence-corrected chi connectivity index (χ1v) is 15.1. The molecule has 6 aromatic rings. The minimum atomic E-state index is -4.63. The fourth-order valence-corrected chi connectivity index (χ4v) is 6.53. The van der Waals surface area contributed by atoms with Gasteiger partial charge in [-0.15, -0.1) is 0 Å². The second-order valence-corrected chi connectivity index (χ2v) is 11.6. The van der Waals surface area contributed by atoms with E-state index in [1.807, 2.05) is 72.8 Å². The van der Waals surface area contributed by atoms with Gasteiger partial charge in [-0.05, 0) is 94.0 Å². The van der Waals surface area contributed by atoms with E-state index in [4.69, 9.17) is 20.9 Å². The summed E-state index contributed by atoms with van der Waals surface area (Å²) in [4.78, 5) is 0. The van der Waals surface area contributed by atoms with Crippen molar-refractivity contribution in [1.29, 1.82) is 0 Å². The smallest absolute Gasteiger partial charge is 0.418 e. The van der Waals surface area contributed by atoms with Gasteiger partial charge in [0.15, 0.2) is 0 Å². The van der Waals surface area contributed by atoms with Crippen LogP contribution in [-0.2, 0) is 17.8 Å². The monoisotopic (exact) mass is 668 g/mol. The first-order valence-electron chi connectivity index (χ1n) is 15.1. The molecule has 0 aromatic heterocycles. The second-order valence-electron chi connectivity index (χ2n) is 11.6. The molecule has 0 saturated heterocycles. The molecule has 49 heavy (non-hydrogen) atoms. The standard InChI is InChI=1S/C39H26F6N2O2/c40-38(41,42)33-21-27(17-19-35(33)46)48-25-13-9-23(10-14-25)37(31-7-3-1-5-29(31)30-6-2-4-8-32(30)37)24-11-15-26(16-12-24)49-28-18-20-36(47)34(22-28)39(43,44)45/h1-22H,46-47H2. The molecule has 0 unspecified atom stereocenters. The zero-order valence-electron chi connectivity index (χ0n) is 25.4. The topological polar surface area (TPSA) is 70.5 Å². The van der Waals surface area contributed by atoms with Crippen LogP contribution in [-0.4, -0.2) is 0 Å². The lowest BCUT2D eigenvalue weighted by Gasteiger charge is -2.34. The van der Waals surface area contributed by atoms with Gasteiger partial charge in [0.1, 0.15) is 23.0 Å². The lowest BCUT2D eigenvalue weighted by molar-refractivity contribution is -0.137.